The number of benzene rings is 2. The normalized spacial score (nSPS) is 14.5. The largest absolute Gasteiger partial charge is 0.478 e. The van der Waals surface area contributed by atoms with Crippen molar-refractivity contribution in [3.63, 3.8) is 0 Å². The van der Waals surface area contributed by atoms with Gasteiger partial charge in [0.05, 0.1) is 21.7 Å². The van der Waals surface area contributed by atoms with Crippen molar-refractivity contribution in [1.82, 2.24) is 0 Å². The minimum absolute atomic E-state index is 0.0436. The summed E-state index contributed by atoms with van der Waals surface area (Å²) in [6, 6.07) is 10.1. The molecule has 1 heterocycles. The van der Waals surface area contributed by atoms with Crippen molar-refractivity contribution in [3.05, 3.63) is 63.7 Å². The molecule has 28 heavy (non-hydrogen) atoms. The summed E-state index contributed by atoms with van der Waals surface area (Å²) < 4.78 is 0. The smallest absolute Gasteiger partial charge is 0.335 e. The zero-order valence-corrected chi connectivity index (χ0v) is 15.4. The summed E-state index contributed by atoms with van der Waals surface area (Å²) in [6.07, 6.45) is 1.97. The topological polar surface area (TPSA) is 113 Å². The summed E-state index contributed by atoms with van der Waals surface area (Å²) in [5, 5.41) is 22.9. The molecule has 0 unspecified atom stereocenters. The third-order valence-electron chi connectivity index (χ3n) is 4.93. The highest BCUT2D eigenvalue weighted by Crippen LogP contribution is 2.30. The van der Waals surface area contributed by atoms with Crippen molar-refractivity contribution in [2.75, 3.05) is 23.3 Å². The number of carboxylic acids is 1. The molecule has 1 aliphatic heterocycles. The maximum Gasteiger partial charge on any atom is 0.335 e. The van der Waals surface area contributed by atoms with E-state index >= 15 is 0 Å². The molecule has 8 nitrogen and oxygen atoms in total. The number of hydrogen-bond donors (Lipinski definition) is 2. The first-order valence-corrected chi connectivity index (χ1v) is 9.03. The van der Waals surface area contributed by atoms with E-state index in [-0.39, 0.29) is 16.8 Å². The standard InChI is InChI=1S/C20H21N3O5/c1-13-7-9-22(10-8-13)18-6-5-16(23(27)28)12-17(18)19(24)21-15-4-2-3-14(11-15)20(25)26/h2-6,11-13H,7-10H2,1H3,(H,21,24)(H,25,26). The average molecular weight is 383 g/mol. The third-order valence-corrected chi connectivity index (χ3v) is 4.93. The van der Waals surface area contributed by atoms with Crippen LogP contribution in [0, 0.1) is 16.0 Å². The lowest BCUT2D eigenvalue weighted by molar-refractivity contribution is -0.384. The van der Waals surface area contributed by atoms with Crippen LogP contribution >= 0.6 is 0 Å². The van der Waals surface area contributed by atoms with E-state index in [1.807, 2.05) is 0 Å². The number of rotatable bonds is 5. The monoisotopic (exact) mass is 383 g/mol. The van der Waals surface area contributed by atoms with Gasteiger partial charge in [-0.25, -0.2) is 4.79 Å². The number of nitro groups is 1. The molecule has 1 fully saturated rings. The molecule has 8 heteroatoms. The van der Waals surface area contributed by atoms with Crippen LogP contribution in [0.25, 0.3) is 0 Å². The number of carbonyl (C=O) groups is 2. The number of anilines is 2. The summed E-state index contributed by atoms with van der Waals surface area (Å²) in [5.74, 6) is -1.01. The number of piperidine rings is 1. The fourth-order valence-electron chi connectivity index (χ4n) is 3.27. The number of carbonyl (C=O) groups excluding carboxylic acids is 1. The van der Waals surface area contributed by atoms with E-state index in [1.54, 1.807) is 12.1 Å². The molecule has 1 amide bonds. The molecule has 0 bridgehead atoms. The molecular formula is C20H21N3O5. The Morgan fingerprint density at radius 1 is 1.18 bits per heavy atom. The highest BCUT2D eigenvalue weighted by atomic mass is 16.6. The zero-order chi connectivity index (χ0) is 20.3. The molecule has 0 saturated carbocycles. The lowest BCUT2D eigenvalue weighted by atomic mass is 9.98. The second kappa shape index (κ2) is 8.08. The van der Waals surface area contributed by atoms with Gasteiger partial charge in [0.2, 0.25) is 0 Å². The van der Waals surface area contributed by atoms with Crippen molar-refractivity contribution < 1.29 is 19.6 Å². The Labute approximate surface area is 161 Å². The van der Waals surface area contributed by atoms with Gasteiger partial charge in [0, 0.05) is 30.9 Å². The zero-order valence-electron chi connectivity index (χ0n) is 15.4. The predicted octanol–water partition coefficient (Wildman–Crippen LogP) is 3.78. The van der Waals surface area contributed by atoms with Gasteiger partial charge in [-0.2, -0.15) is 0 Å². The second-order valence-corrected chi connectivity index (χ2v) is 6.97. The SMILES string of the molecule is CC1CCN(c2ccc([N+](=O)[O-])cc2C(=O)Nc2cccc(C(=O)O)c2)CC1. The molecule has 0 aliphatic carbocycles. The number of aromatic carboxylic acids is 1. The molecular weight excluding hydrogens is 362 g/mol. The van der Waals surface area contributed by atoms with Crippen LogP contribution < -0.4 is 10.2 Å². The van der Waals surface area contributed by atoms with Gasteiger partial charge in [0.25, 0.3) is 11.6 Å². The lowest BCUT2D eigenvalue weighted by Gasteiger charge is -2.33. The van der Waals surface area contributed by atoms with Gasteiger partial charge >= 0.3 is 5.97 Å². The fourth-order valence-corrected chi connectivity index (χ4v) is 3.27. The molecule has 2 aromatic rings. The predicted molar refractivity (Wildman–Crippen MR) is 105 cm³/mol. The first-order valence-electron chi connectivity index (χ1n) is 9.03. The van der Waals surface area contributed by atoms with Gasteiger partial charge in [0.15, 0.2) is 0 Å². The Morgan fingerprint density at radius 3 is 2.54 bits per heavy atom. The lowest BCUT2D eigenvalue weighted by Crippen LogP contribution is -2.34. The number of non-ortho nitro benzene ring substituents is 1. The number of amides is 1. The van der Waals surface area contributed by atoms with E-state index in [1.165, 1.54) is 30.3 Å². The first kappa shape index (κ1) is 19.3. The molecule has 0 radical (unpaired) electrons. The number of nitrogens with zero attached hydrogens (tertiary/aromatic N) is 2. The van der Waals surface area contributed by atoms with E-state index in [2.05, 4.69) is 17.1 Å². The van der Waals surface area contributed by atoms with Crippen molar-refractivity contribution in [2.24, 2.45) is 5.92 Å². The van der Waals surface area contributed by atoms with Crippen LogP contribution in [0.2, 0.25) is 0 Å². The molecule has 0 spiro atoms. The molecule has 1 saturated heterocycles. The summed E-state index contributed by atoms with van der Waals surface area (Å²) >= 11 is 0. The minimum atomic E-state index is -1.10. The van der Waals surface area contributed by atoms with Crippen LogP contribution in [-0.2, 0) is 0 Å². The van der Waals surface area contributed by atoms with E-state index < -0.39 is 16.8 Å². The highest BCUT2D eigenvalue weighted by molar-refractivity contribution is 6.09. The maximum atomic E-state index is 12.9. The Bertz CT molecular complexity index is 920. The number of nitrogens with one attached hydrogen (secondary N) is 1. The third kappa shape index (κ3) is 4.28. The van der Waals surface area contributed by atoms with Crippen LogP contribution in [0.4, 0.5) is 17.1 Å². The summed E-state index contributed by atoms with van der Waals surface area (Å²) in [5.41, 5.74) is 1.03. The van der Waals surface area contributed by atoms with Gasteiger partial charge in [0.1, 0.15) is 0 Å². The van der Waals surface area contributed by atoms with E-state index in [0.29, 0.717) is 17.3 Å². The van der Waals surface area contributed by atoms with Crippen molar-refractivity contribution in [3.8, 4) is 0 Å². The quantitative estimate of drug-likeness (QED) is 0.600. The highest BCUT2D eigenvalue weighted by Gasteiger charge is 2.23. The fraction of sp³-hybridized carbons (Fsp3) is 0.300. The Hall–Kier alpha value is -3.42. The second-order valence-electron chi connectivity index (χ2n) is 6.97. The van der Waals surface area contributed by atoms with E-state index in [4.69, 9.17) is 5.11 Å². The molecule has 2 N–H and O–H groups in total. The Morgan fingerprint density at radius 2 is 1.89 bits per heavy atom. The molecule has 146 valence electrons. The molecule has 3 rings (SSSR count). The van der Waals surface area contributed by atoms with Gasteiger partial charge in [-0.3, -0.25) is 14.9 Å². The van der Waals surface area contributed by atoms with Crippen molar-refractivity contribution in [2.45, 2.75) is 19.8 Å². The van der Waals surface area contributed by atoms with Crippen LogP contribution in [0.1, 0.15) is 40.5 Å². The van der Waals surface area contributed by atoms with E-state index in [9.17, 15) is 19.7 Å². The van der Waals surface area contributed by atoms with Crippen molar-refractivity contribution in [1.29, 1.82) is 0 Å². The van der Waals surface area contributed by atoms with Crippen LogP contribution in [0.3, 0.4) is 0 Å². The van der Waals surface area contributed by atoms with Gasteiger partial charge < -0.3 is 15.3 Å². The number of nitro benzene ring substituents is 1. The number of hydrogen-bond acceptors (Lipinski definition) is 5. The molecule has 1 aliphatic rings. The Balaban J connectivity index is 1.92. The summed E-state index contributed by atoms with van der Waals surface area (Å²) in [7, 11) is 0. The van der Waals surface area contributed by atoms with Crippen LogP contribution in [0.15, 0.2) is 42.5 Å². The van der Waals surface area contributed by atoms with E-state index in [0.717, 1.165) is 25.9 Å². The van der Waals surface area contributed by atoms with Crippen LogP contribution in [0.5, 0.6) is 0 Å². The van der Waals surface area contributed by atoms with Crippen LogP contribution in [-0.4, -0.2) is 35.0 Å². The first-order chi connectivity index (χ1) is 13.3. The molecule has 0 atom stereocenters. The Kier molecular flexibility index (Phi) is 5.58. The van der Waals surface area contributed by atoms with Crippen molar-refractivity contribution >= 4 is 28.9 Å². The summed E-state index contributed by atoms with van der Waals surface area (Å²) in [4.78, 5) is 36.7. The minimum Gasteiger partial charge on any atom is -0.478 e. The van der Waals surface area contributed by atoms with Gasteiger partial charge in [-0.1, -0.05) is 13.0 Å². The average Bonchev–Trinajstić information content (AvgIpc) is 2.68. The van der Waals surface area contributed by atoms with Gasteiger partial charge in [-0.15, -0.1) is 0 Å². The van der Waals surface area contributed by atoms with Gasteiger partial charge in [-0.05, 0) is 43.0 Å². The molecule has 0 aromatic heterocycles. The molecule has 2 aromatic carbocycles. The number of carboxylic acid groups (broad SMARTS) is 1. The maximum absolute atomic E-state index is 12.9. The summed E-state index contributed by atoms with van der Waals surface area (Å²) in [6.45, 7) is 3.72.